The third-order valence-corrected chi connectivity index (χ3v) is 4.27. The molecule has 1 aromatic heterocycles. The van der Waals surface area contributed by atoms with E-state index in [0.29, 0.717) is 12.2 Å². The Morgan fingerprint density at radius 3 is 2.83 bits per heavy atom. The summed E-state index contributed by atoms with van der Waals surface area (Å²) in [6.07, 6.45) is 3.00. The number of benzene rings is 2. The van der Waals surface area contributed by atoms with Crippen LogP contribution in [0.2, 0.25) is 0 Å². The monoisotopic (exact) mass is 320 g/mol. The first-order chi connectivity index (χ1) is 11.7. The number of aryl methyl sites for hydroxylation is 1. The standard InChI is InChI=1S/C18H16N4O2/c23-15-8-4-5-12-9-10-14(17(12)15)18(24)20-16-11-19-22(21-16)13-6-2-1-3-7-13/h1-8,11,14,23H,9-10H2,(H,20,21,24). The Morgan fingerprint density at radius 2 is 2.00 bits per heavy atom. The van der Waals surface area contributed by atoms with Crippen molar-refractivity contribution in [2.45, 2.75) is 18.8 Å². The van der Waals surface area contributed by atoms with Crippen molar-refractivity contribution in [1.29, 1.82) is 0 Å². The number of nitrogens with one attached hydrogen (secondary N) is 1. The average molecular weight is 320 g/mol. The molecule has 2 aromatic carbocycles. The molecule has 1 aliphatic rings. The second-order valence-electron chi connectivity index (χ2n) is 5.79. The molecule has 0 bridgehead atoms. The van der Waals surface area contributed by atoms with Gasteiger partial charge in [-0.05, 0) is 36.6 Å². The number of phenols is 1. The molecule has 1 atom stereocenters. The lowest BCUT2D eigenvalue weighted by Crippen LogP contribution is -2.19. The van der Waals surface area contributed by atoms with E-state index in [1.54, 1.807) is 12.1 Å². The van der Waals surface area contributed by atoms with Crippen molar-refractivity contribution in [3.05, 3.63) is 65.9 Å². The Balaban J connectivity index is 1.53. The van der Waals surface area contributed by atoms with Crippen molar-refractivity contribution in [3.8, 4) is 11.4 Å². The van der Waals surface area contributed by atoms with E-state index in [1.807, 2.05) is 36.4 Å². The number of hydrogen-bond acceptors (Lipinski definition) is 4. The number of anilines is 1. The highest BCUT2D eigenvalue weighted by Crippen LogP contribution is 2.39. The predicted molar refractivity (Wildman–Crippen MR) is 89.2 cm³/mol. The molecule has 0 radical (unpaired) electrons. The quantitative estimate of drug-likeness (QED) is 0.777. The van der Waals surface area contributed by atoms with E-state index in [0.717, 1.165) is 23.2 Å². The molecule has 1 aliphatic carbocycles. The number of nitrogens with zero attached hydrogens (tertiary/aromatic N) is 3. The zero-order chi connectivity index (χ0) is 16.5. The van der Waals surface area contributed by atoms with Gasteiger partial charge in [-0.25, -0.2) is 0 Å². The Hall–Kier alpha value is -3.15. The molecule has 6 heteroatoms. The van der Waals surface area contributed by atoms with E-state index in [9.17, 15) is 9.90 Å². The normalized spacial score (nSPS) is 15.9. The number of hydrogen-bond donors (Lipinski definition) is 2. The summed E-state index contributed by atoms with van der Waals surface area (Å²) in [4.78, 5) is 14.0. The van der Waals surface area contributed by atoms with Crippen LogP contribution >= 0.6 is 0 Å². The SMILES string of the molecule is O=C(Nc1cnn(-c2ccccc2)n1)C1CCc2cccc(O)c21. The maximum atomic E-state index is 12.6. The second-order valence-corrected chi connectivity index (χ2v) is 5.79. The van der Waals surface area contributed by atoms with Crippen LogP contribution < -0.4 is 5.32 Å². The summed E-state index contributed by atoms with van der Waals surface area (Å²) in [7, 11) is 0. The Kier molecular flexibility index (Phi) is 3.49. The first kappa shape index (κ1) is 14.4. The van der Waals surface area contributed by atoms with E-state index in [1.165, 1.54) is 11.0 Å². The molecule has 6 nitrogen and oxygen atoms in total. The van der Waals surface area contributed by atoms with Gasteiger partial charge in [0.1, 0.15) is 5.75 Å². The molecular formula is C18H16N4O2. The average Bonchev–Trinajstić information content (AvgIpc) is 3.23. The molecule has 4 rings (SSSR count). The van der Waals surface area contributed by atoms with E-state index >= 15 is 0 Å². The minimum Gasteiger partial charge on any atom is -0.508 e. The maximum absolute atomic E-state index is 12.6. The van der Waals surface area contributed by atoms with Crippen LogP contribution in [0.1, 0.15) is 23.5 Å². The molecule has 120 valence electrons. The molecule has 3 aromatic rings. The lowest BCUT2D eigenvalue weighted by atomic mass is 9.99. The lowest BCUT2D eigenvalue weighted by molar-refractivity contribution is -0.117. The summed E-state index contributed by atoms with van der Waals surface area (Å²) in [5, 5.41) is 21.3. The van der Waals surface area contributed by atoms with Crippen LogP contribution in [0, 0.1) is 0 Å². The number of aromatic hydroxyl groups is 1. The van der Waals surface area contributed by atoms with E-state index in [-0.39, 0.29) is 17.6 Å². The number of carbonyl (C=O) groups excluding carboxylic acids is 1. The smallest absolute Gasteiger partial charge is 0.233 e. The fourth-order valence-corrected chi connectivity index (χ4v) is 3.15. The molecule has 0 spiro atoms. The summed E-state index contributed by atoms with van der Waals surface area (Å²) in [5.41, 5.74) is 2.58. The molecular weight excluding hydrogens is 304 g/mol. The minimum atomic E-state index is -0.358. The number of amides is 1. The number of rotatable bonds is 3. The number of para-hydroxylation sites is 1. The number of fused-ring (bicyclic) bond motifs is 1. The maximum Gasteiger partial charge on any atom is 0.233 e. The number of aromatic nitrogens is 3. The highest BCUT2D eigenvalue weighted by atomic mass is 16.3. The topological polar surface area (TPSA) is 80.0 Å². The van der Waals surface area contributed by atoms with Gasteiger partial charge in [0.05, 0.1) is 17.8 Å². The van der Waals surface area contributed by atoms with Crippen molar-refractivity contribution in [1.82, 2.24) is 15.0 Å². The molecule has 0 fully saturated rings. The van der Waals surface area contributed by atoms with Gasteiger partial charge in [-0.1, -0.05) is 30.3 Å². The van der Waals surface area contributed by atoms with Crippen LogP contribution in [0.3, 0.4) is 0 Å². The van der Waals surface area contributed by atoms with Crippen molar-refractivity contribution >= 4 is 11.7 Å². The van der Waals surface area contributed by atoms with Gasteiger partial charge in [-0.15, -0.1) is 9.90 Å². The van der Waals surface area contributed by atoms with Gasteiger partial charge < -0.3 is 10.4 Å². The van der Waals surface area contributed by atoms with E-state index in [4.69, 9.17) is 0 Å². The Morgan fingerprint density at radius 1 is 1.17 bits per heavy atom. The summed E-state index contributed by atoms with van der Waals surface area (Å²) >= 11 is 0. The number of carbonyl (C=O) groups is 1. The highest BCUT2D eigenvalue weighted by molar-refractivity contribution is 5.96. The fraction of sp³-hybridized carbons (Fsp3) is 0.167. The van der Waals surface area contributed by atoms with Gasteiger partial charge >= 0.3 is 0 Å². The van der Waals surface area contributed by atoms with E-state index < -0.39 is 0 Å². The summed E-state index contributed by atoms with van der Waals surface area (Å²) in [5.74, 6) is 0.0456. The molecule has 0 saturated heterocycles. The molecule has 1 amide bonds. The third kappa shape index (κ3) is 2.52. The van der Waals surface area contributed by atoms with Crippen molar-refractivity contribution in [2.24, 2.45) is 0 Å². The Bertz CT molecular complexity index is 889. The Labute approximate surface area is 138 Å². The van der Waals surface area contributed by atoms with Crippen LogP contribution in [0.15, 0.2) is 54.7 Å². The van der Waals surface area contributed by atoms with Crippen LogP contribution in [0.25, 0.3) is 5.69 Å². The van der Waals surface area contributed by atoms with E-state index in [2.05, 4.69) is 15.5 Å². The largest absolute Gasteiger partial charge is 0.508 e. The molecule has 0 saturated carbocycles. The zero-order valence-corrected chi connectivity index (χ0v) is 12.9. The molecule has 1 heterocycles. The number of phenolic OH excluding ortho intramolecular Hbond substituents is 1. The van der Waals surface area contributed by atoms with Gasteiger partial charge in [-0.2, -0.15) is 5.10 Å². The zero-order valence-electron chi connectivity index (χ0n) is 12.9. The molecule has 2 N–H and O–H groups in total. The highest BCUT2D eigenvalue weighted by Gasteiger charge is 2.31. The predicted octanol–water partition coefficient (Wildman–Crippen LogP) is 2.64. The van der Waals surface area contributed by atoms with Crippen LogP contribution in [-0.4, -0.2) is 26.0 Å². The first-order valence-corrected chi connectivity index (χ1v) is 7.82. The van der Waals surface area contributed by atoms with Crippen molar-refractivity contribution in [3.63, 3.8) is 0 Å². The fourth-order valence-electron chi connectivity index (χ4n) is 3.15. The van der Waals surface area contributed by atoms with Crippen molar-refractivity contribution < 1.29 is 9.90 Å². The summed E-state index contributed by atoms with van der Waals surface area (Å²) < 4.78 is 0. The molecule has 0 aliphatic heterocycles. The minimum absolute atomic E-state index is 0.171. The lowest BCUT2D eigenvalue weighted by Gasteiger charge is -2.12. The van der Waals surface area contributed by atoms with Crippen LogP contribution in [0.5, 0.6) is 5.75 Å². The van der Waals surface area contributed by atoms with Crippen LogP contribution in [0.4, 0.5) is 5.82 Å². The second kappa shape index (κ2) is 5.81. The molecule has 1 unspecified atom stereocenters. The molecule has 24 heavy (non-hydrogen) atoms. The summed E-state index contributed by atoms with van der Waals surface area (Å²) in [6.45, 7) is 0. The first-order valence-electron chi connectivity index (χ1n) is 7.82. The van der Waals surface area contributed by atoms with Gasteiger partial charge in [0.25, 0.3) is 0 Å². The third-order valence-electron chi connectivity index (χ3n) is 4.27. The van der Waals surface area contributed by atoms with Gasteiger partial charge in [0, 0.05) is 5.56 Å². The van der Waals surface area contributed by atoms with Gasteiger partial charge in [0.2, 0.25) is 5.91 Å². The van der Waals surface area contributed by atoms with Crippen molar-refractivity contribution in [2.75, 3.05) is 5.32 Å². The van der Waals surface area contributed by atoms with Gasteiger partial charge in [-0.3, -0.25) is 4.79 Å². The van der Waals surface area contributed by atoms with Crippen LogP contribution in [-0.2, 0) is 11.2 Å². The summed E-state index contributed by atoms with van der Waals surface area (Å²) in [6, 6.07) is 14.9. The van der Waals surface area contributed by atoms with Gasteiger partial charge in [0.15, 0.2) is 5.82 Å².